The second-order valence-electron chi connectivity index (χ2n) is 6.08. The first kappa shape index (κ1) is 11.9. The second kappa shape index (κ2) is 4.35. The van der Waals surface area contributed by atoms with Gasteiger partial charge in [0.25, 0.3) is 0 Å². The van der Waals surface area contributed by atoms with E-state index in [0.29, 0.717) is 29.5 Å². The Morgan fingerprint density at radius 3 is 2.56 bits per heavy atom. The lowest BCUT2D eigenvalue weighted by atomic mass is 9.64. The highest BCUT2D eigenvalue weighted by Crippen LogP contribution is 2.52. The third-order valence-electron chi connectivity index (χ3n) is 4.91. The van der Waals surface area contributed by atoms with Gasteiger partial charge in [-0.25, -0.2) is 0 Å². The molecule has 90 valence electrons. The van der Waals surface area contributed by atoms with Gasteiger partial charge in [0.1, 0.15) is 5.78 Å². The minimum absolute atomic E-state index is 0.328. The van der Waals surface area contributed by atoms with Gasteiger partial charge in [0.2, 0.25) is 0 Å². The molecule has 1 heteroatoms. The van der Waals surface area contributed by atoms with Gasteiger partial charge in [0.05, 0.1) is 0 Å². The van der Waals surface area contributed by atoms with Crippen molar-refractivity contribution in [2.24, 2.45) is 29.6 Å². The molecule has 0 heterocycles. The molecule has 0 aromatic carbocycles. The van der Waals surface area contributed by atoms with Gasteiger partial charge >= 0.3 is 0 Å². The fraction of sp³-hybridized carbons (Fsp3) is 0.800. The van der Waals surface area contributed by atoms with Crippen molar-refractivity contribution in [1.29, 1.82) is 0 Å². The Morgan fingerprint density at radius 2 is 2.00 bits per heavy atom. The zero-order chi connectivity index (χ0) is 11.9. The van der Waals surface area contributed by atoms with Gasteiger partial charge in [-0.15, -0.1) is 0 Å². The van der Waals surface area contributed by atoms with Crippen molar-refractivity contribution >= 4 is 5.78 Å². The number of Topliss-reactive ketones (excluding diaryl/α,β-unsaturated/α-hetero) is 1. The van der Waals surface area contributed by atoms with Gasteiger partial charge in [0.15, 0.2) is 0 Å². The summed E-state index contributed by atoms with van der Waals surface area (Å²) in [6, 6.07) is 0. The van der Waals surface area contributed by atoms with Crippen LogP contribution >= 0.6 is 0 Å². The van der Waals surface area contributed by atoms with Crippen LogP contribution in [0.4, 0.5) is 0 Å². The molecule has 4 atom stereocenters. The molecule has 0 amide bonds. The van der Waals surface area contributed by atoms with Crippen LogP contribution in [0.2, 0.25) is 0 Å². The molecule has 0 bridgehead atoms. The van der Waals surface area contributed by atoms with E-state index in [1.165, 1.54) is 24.8 Å². The number of ketones is 1. The van der Waals surface area contributed by atoms with Crippen LogP contribution in [0.25, 0.3) is 0 Å². The van der Waals surface area contributed by atoms with Gasteiger partial charge in [0, 0.05) is 5.92 Å². The number of hydrogen-bond donors (Lipinski definition) is 0. The van der Waals surface area contributed by atoms with E-state index in [0.717, 1.165) is 12.3 Å². The number of carbonyl (C=O) groups excluding carboxylic acids is 1. The van der Waals surface area contributed by atoms with E-state index in [2.05, 4.69) is 20.4 Å². The number of fused-ring (bicyclic) bond motifs is 1. The van der Waals surface area contributed by atoms with Crippen molar-refractivity contribution in [2.45, 2.75) is 46.5 Å². The summed E-state index contributed by atoms with van der Waals surface area (Å²) in [6.07, 6.45) is 4.75. The maximum atomic E-state index is 11.7. The molecule has 2 unspecified atom stereocenters. The molecule has 16 heavy (non-hydrogen) atoms. The maximum Gasteiger partial charge on any atom is 0.133 e. The van der Waals surface area contributed by atoms with E-state index in [-0.39, 0.29) is 0 Å². The molecular formula is C15H24O. The van der Waals surface area contributed by atoms with Crippen LogP contribution in [-0.2, 0) is 4.79 Å². The molecule has 2 saturated carbocycles. The van der Waals surface area contributed by atoms with Crippen molar-refractivity contribution in [3.63, 3.8) is 0 Å². The Balaban J connectivity index is 2.25. The molecule has 0 N–H and O–H groups in total. The van der Waals surface area contributed by atoms with Crippen molar-refractivity contribution in [3.05, 3.63) is 12.2 Å². The quantitative estimate of drug-likeness (QED) is 0.646. The Bertz CT molecular complexity index is 297. The SMILES string of the molecule is C=C1CC[C@H](C(C)C)C2C1CC[C@H]2C(C)=O. The van der Waals surface area contributed by atoms with Crippen molar-refractivity contribution < 1.29 is 4.79 Å². The van der Waals surface area contributed by atoms with Gasteiger partial charge in [-0.1, -0.05) is 26.0 Å². The van der Waals surface area contributed by atoms with Gasteiger partial charge in [-0.3, -0.25) is 4.79 Å². The minimum atomic E-state index is 0.328. The van der Waals surface area contributed by atoms with Crippen LogP contribution in [0.5, 0.6) is 0 Å². The Hall–Kier alpha value is -0.590. The zero-order valence-corrected chi connectivity index (χ0v) is 10.8. The number of hydrogen-bond acceptors (Lipinski definition) is 1. The van der Waals surface area contributed by atoms with E-state index in [4.69, 9.17) is 0 Å². The molecule has 0 aliphatic heterocycles. The molecular weight excluding hydrogens is 196 g/mol. The lowest BCUT2D eigenvalue weighted by Crippen LogP contribution is -2.35. The lowest BCUT2D eigenvalue weighted by Gasteiger charge is -2.40. The fourth-order valence-corrected chi connectivity index (χ4v) is 4.08. The predicted octanol–water partition coefficient (Wildman–Crippen LogP) is 3.84. The number of carbonyl (C=O) groups is 1. The Labute approximate surface area is 99.3 Å². The molecule has 0 radical (unpaired) electrons. The topological polar surface area (TPSA) is 17.1 Å². The summed E-state index contributed by atoms with van der Waals surface area (Å²) in [5.41, 5.74) is 1.42. The fourth-order valence-electron chi connectivity index (χ4n) is 4.08. The second-order valence-corrected chi connectivity index (χ2v) is 6.08. The highest BCUT2D eigenvalue weighted by atomic mass is 16.1. The number of rotatable bonds is 2. The summed E-state index contributed by atoms with van der Waals surface area (Å²) in [6.45, 7) is 10.6. The van der Waals surface area contributed by atoms with Gasteiger partial charge in [-0.2, -0.15) is 0 Å². The van der Waals surface area contributed by atoms with Crippen molar-refractivity contribution in [3.8, 4) is 0 Å². The minimum Gasteiger partial charge on any atom is -0.300 e. The lowest BCUT2D eigenvalue weighted by molar-refractivity contribution is -0.123. The van der Waals surface area contributed by atoms with Crippen LogP contribution < -0.4 is 0 Å². The Kier molecular flexibility index (Phi) is 3.23. The third kappa shape index (κ3) is 1.85. The molecule has 0 aromatic heterocycles. The first-order chi connectivity index (χ1) is 7.52. The summed E-state index contributed by atoms with van der Waals surface area (Å²) in [5.74, 6) is 3.45. The average molecular weight is 220 g/mol. The maximum absolute atomic E-state index is 11.7. The largest absolute Gasteiger partial charge is 0.300 e. The Morgan fingerprint density at radius 1 is 1.31 bits per heavy atom. The first-order valence-electron chi connectivity index (χ1n) is 6.70. The molecule has 2 aliphatic rings. The number of allylic oxidation sites excluding steroid dienone is 1. The highest BCUT2D eigenvalue weighted by Gasteiger charge is 2.46. The molecule has 2 aliphatic carbocycles. The third-order valence-corrected chi connectivity index (χ3v) is 4.91. The van der Waals surface area contributed by atoms with Crippen LogP contribution in [0.15, 0.2) is 12.2 Å². The predicted molar refractivity (Wildman–Crippen MR) is 67.1 cm³/mol. The summed E-state index contributed by atoms with van der Waals surface area (Å²) >= 11 is 0. The molecule has 0 aromatic rings. The summed E-state index contributed by atoms with van der Waals surface area (Å²) in [7, 11) is 0. The standard InChI is InChI=1S/C15H24O/c1-9(2)12-6-5-10(3)13-7-8-14(11(4)16)15(12)13/h9,12-15H,3,5-8H2,1-2,4H3/t12-,13?,14+,15?/m1/s1. The average Bonchev–Trinajstić information content (AvgIpc) is 2.62. The van der Waals surface area contributed by atoms with E-state index in [1.54, 1.807) is 6.92 Å². The smallest absolute Gasteiger partial charge is 0.133 e. The highest BCUT2D eigenvalue weighted by molar-refractivity contribution is 5.79. The van der Waals surface area contributed by atoms with Crippen molar-refractivity contribution in [2.75, 3.05) is 0 Å². The molecule has 0 saturated heterocycles. The first-order valence-corrected chi connectivity index (χ1v) is 6.70. The van der Waals surface area contributed by atoms with Crippen LogP contribution in [0.3, 0.4) is 0 Å². The van der Waals surface area contributed by atoms with E-state index in [1.807, 2.05) is 0 Å². The monoisotopic (exact) mass is 220 g/mol. The zero-order valence-electron chi connectivity index (χ0n) is 10.8. The van der Waals surface area contributed by atoms with Crippen molar-refractivity contribution in [1.82, 2.24) is 0 Å². The van der Waals surface area contributed by atoms with Gasteiger partial charge in [-0.05, 0) is 56.3 Å². The summed E-state index contributed by atoms with van der Waals surface area (Å²) < 4.78 is 0. The van der Waals surface area contributed by atoms with Crippen LogP contribution in [0.1, 0.15) is 46.5 Å². The van der Waals surface area contributed by atoms with E-state index in [9.17, 15) is 4.79 Å². The molecule has 1 nitrogen and oxygen atoms in total. The summed E-state index contributed by atoms with van der Waals surface area (Å²) in [4.78, 5) is 11.7. The summed E-state index contributed by atoms with van der Waals surface area (Å²) in [5, 5.41) is 0. The van der Waals surface area contributed by atoms with Crippen LogP contribution in [-0.4, -0.2) is 5.78 Å². The van der Waals surface area contributed by atoms with Crippen LogP contribution in [0, 0.1) is 29.6 Å². The molecule has 0 spiro atoms. The van der Waals surface area contributed by atoms with E-state index < -0.39 is 0 Å². The van der Waals surface area contributed by atoms with Gasteiger partial charge < -0.3 is 0 Å². The molecule has 2 fully saturated rings. The molecule has 2 rings (SSSR count). The van der Waals surface area contributed by atoms with E-state index >= 15 is 0 Å². The normalized spacial score (nSPS) is 38.9.